The van der Waals surface area contributed by atoms with E-state index in [0.717, 1.165) is 17.6 Å². The molecule has 1 heterocycles. The first-order valence-corrected chi connectivity index (χ1v) is 6.81. The van der Waals surface area contributed by atoms with Gasteiger partial charge in [-0.2, -0.15) is 0 Å². The molecule has 0 amide bonds. The average Bonchev–Trinajstić information content (AvgIpc) is 2.74. The fourth-order valence-electron chi connectivity index (χ4n) is 2.68. The average molecular weight is 273 g/mol. The van der Waals surface area contributed by atoms with Crippen molar-refractivity contribution in [3.63, 3.8) is 0 Å². The first kappa shape index (κ1) is 14.4. The van der Waals surface area contributed by atoms with E-state index in [1.54, 1.807) is 0 Å². The summed E-state index contributed by atoms with van der Waals surface area (Å²) in [7, 11) is 0. The van der Waals surface area contributed by atoms with Gasteiger partial charge in [0.15, 0.2) is 0 Å². The number of fused-ring (bicyclic) bond motifs is 1. The molecule has 0 aromatic heterocycles. The molecule has 5 nitrogen and oxygen atoms in total. The predicted molar refractivity (Wildman–Crippen MR) is 76.8 cm³/mol. The van der Waals surface area contributed by atoms with Crippen LogP contribution < -0.4 is 0 Å². The molecule has 1 aliphatic heterocycles. The zero-order valence-electron chi connectivity index (χ0n) is 11.9. The van der Waals surface area contributed by atoms with Crippen LogP contribution in [0.5, 0.6) is 0 Å². The standard InChI is InChI=1S/C15H19N3O2/c1-9(2)12-6-4-10(3)13(17-18-16)7-5-11-8-14(12)20-15(11)19/h4,8,12-14H,1,5-7H2,2-3H3/b10-4+/t12-,13?,14-/m0/s1. The van der Waals surface area contributed by atoms with Crippen molar-refractivity contribution in [2.45, 2.75) is 45.3 Å². The molecule has 20 heavy (non-hydrogen) atoms. The second kappa shape index (κ2) is 5.97. The fourth-order valence-corrected chi connectivity index (χ4v) is 2.68. The third-order valence-electron chi connectivity index (χ3n) is 4.00. The summed E-state index contributed by atoms with van der Waals surface area (Å²) in [4.78, 5) is 14.8. The van der Waals surface area contributed by atoms with Crippen LogP contribution in [0, 0.1) is 5.92 Å². The van der Waals surface area contributed by atoms with Gasteiger partial charge in [0.05, 0.1) is 6.04 Å². The van der Waals surface area contributed by atoms with Crippen molar-refractivity contribution < 1.29 is 9.53 Å². The Hall–Kier alpha value is -2.00. The van der Waals surface area contributed by atoms with E-state index < -0.39 is 0 Å². The molecule has 1 unspecified atom stereocenters. The van der Waals surface area contributed by atoms with Crippen molar-refractivity contribution in [1.82, 2.24) is 0 Å². The highest BCUT2D eigenvalue weighted by molar-refractivity contribution is 5.91. The minimum atomic E-state index is -0.250. The van der Waals surface area contributed by atoms with Crippen LogP contribution in [0.4, 0.5) is 0 Å². The van der Waals surface area contributed by atoms with Crippen LogP contribution in [0.2, 0.25) is 0 Å². The molecular formula is C15H19N3O2. The predicted octanol–water partition coefficient (Wildman–Crippen LogP) is 3.84. The Balaban J connectivity index is 2.33. The normalized spacial score (nSPS) is 32.3. The van der Waals surface area contributed by atoms with Gasteiger partial charge in [0, 0.05) is 16.4 Å². The second-order valence-electron chi connectivity index (χ2n) is 5.46. The molecular weight excluding hydrogens is 254 g/mol. The summed E-state index contributed by atoms with van der Waals surface area (Å²) in [5.41, 5.74) is 11.4. The molecule has 2 rings (SSSR count). The van der Waals surface area contributed by atoms with Gasteiger partial charge in [-0.1, -0.05) is 28.9 Å². The lowest BCUT2D eigenvalue weighted by molar-refractivity contribution is -0.141. The molecule has 1 aliphatic carbocycles. The van der Waals surface area contributed by atoms with Crippen molar-refractivity contribution in [1.29, 1.82) is 0 Å². The van der Waals surface area contributed by atoms with Gasteiger partial charge < -0.3 is 4.74 Å². The van der Waals surface area contributed by atoms with Crippen LogP contribution in [-0.2, 0) is 9.53 Å². The van der Waals surface area contributed by atoms with E-state index in [1.807, 2.05) is 19.9 Å². The third kappa shape index (κ3) is 2.94. The van der Waals surface area contributed by atoms with Crippen LogP contribution in [0.1, 0.15) is 33.1 Å². The van der Waals surface area contributed by atoms with E-state index >= 15 is 0 Å². The summed E-state index contributed by atoms with van der Waals surface area (Å²) in [6.07, 6.45) is 5.72. The number of carbonyl (C=O) groups excluding carboxylic acids is 1. The number of hydrogen-bond donors (Lipinski definition) is 0. The molecule has 0 saturated heterocycles. The lowest BCUT2D eigenvalue weighted by Crippen LogP contribution is -2.21. The first-order valence-electron chi connectivity index (χ1n) is 6.81. The van der Waals surface area contributed by atoms with Crippen LogP contribution >= 0.6 is 0 Å². The monoisotopic (exact) mass is 273 g/mol. The van der Waals surface area contributed by atoms with E-state index in [-0.39, 0.29) is 24.0 Å². The van der Waals surface area contributed by atoms with E-state index in [9.17, 15) is 4.79 Å². The highest BCUT2D eigenvalue weighted by atomic mass is 16.5. The molecule has 5 heteroatoms. The topological polar surface area (TPSA) is 75.1 Å². The Kier molecular flexibility index (Phi) is 4.30. The van der Waals surface area contributed by atoms with E-state index in [1.165, 1.54) is 0 Å². The molecule has 0 N–H and O–H groups in total. The number of allylic oxidation sites excluding steroid dienone is 1. The second-order valence-corrected chi connectivity index (χ2v) is 5.46. The number of azide groups is 1. The summed E-state index contributed by atoms with van der Waals surface area (Å²) in [6, 6.07) is -0.198. The number of esters is 1. The summed E-state index contributed by atoms with van der Waals surface area (Å²) in [5.74, 6) is -0.170. The maximum Gasteiger partial charge on any atom is 0.334 e. The Labute approximate surface area is 118 Å². The zero-order valence-corrected chi connectivity index (χ0v) is 11.9. The highest BCUT2D eigenvalue weighted by Gasteiger charge is 2.32. The van der Waals surface area contributed by atoms with E-state index in [0.29, 0.717) is 18.4 Å². The van der Waals surface area contributed by atoms with Gasteiger partial charge in [-0.05, 0) is 44.7 Å². The zero-order chi connectivity index (χ0) is 14.7. The van der Waals surface area contributed by atoms with Gasteiger partial charge in [0.25, 0.3) is 0 Å². The molecule has 0 saturated carbocycles. The Morgan fingerprint density at radius 3 is 3.00 bits per heavy atom. The molecule has 0 aromatic carbocycles. The summed E-state index contributed by atoms with van der Waals surface area (Å²) in [5, 5.41) is 3.83. The molecule has 0 spiro atoms. The van der Waals surface area contributed by atoms with Gasteiger partial charge in [0.1, 0.15) is 6.10 Å². The van der Waals surface area contributed by atoms with Crippen LogP contribution in [0.25, 0.3) is 10.4 Å². The number of ether oxygens (including phenoxy) is 1. The fraction of sp³-hybridized carbons (Fsp3) is 0.533. The smallest absolute Gasteiger partial charge is 0.334 e. The maximum absolute atomic E-state index is 11.9. The lowest BCUT2D eigenvalue weighted by atomic mass is 9.88. The van der Waals surface area contributed by atoms with Crippen molar-refractivity contribution >= 4 is 5.97 Å². The van der Waals surface area contributed by atoms with Crippen LogP contribution in [0.15, 0.2) is 40.6 Å². The summed E-state index contributed by atoms with van der Waals surface area (Å²) < 4.78 is 5.44. The van der Waals surface area contributed by atoms with Crippen molar-refractivity contribution in [2.75, 3.05) is 0 Å². The van der Waals surface area contributed by atoms with Gasteiger partial charge >= 0.3 is 5.97 Å². The molecule has 0 radical (unpaired) electrons. The van der Waals surface area contributed by atoms with Crippen molar-refractivity contribution in [3.05, 3.63) is 45.9 Å². The first-order chi connectivity index (χ1) is 9.52. The summed E-state index contributed by atoms with van der Waals surface area (Å²) in [6.45, 7) is 7.91. The van der Waals surface area contributed by atoms with Crippen LogP contribution in [-0.4, -0.2) is 18.1 Å². The Bertz CT molecular complexity index is 541. The summed E-state index contributed by atoms with van der Waals surface area (Å²) >= 11 is 0. The van der Waals surface area contributed by atoms with Gasteiger partial charge in [0.2, 0.25) is 0 Å². The third-order valence-corrected chi connectivity index (χ3v) is 4.00. The van der Waals surface area contributed by atoms with E-state index in [4.69, 9.17) is 10.3 Å². The quantitative estimate of drug-likeness (QED) is 0.252. The van der Waals surface area contributed by atoms with Crippen molar-refractivity contribution in [3.8, 4) is 0 Å². The molecule has 0 fully saturated rings. The van der Waals surface area contributed by atoms with Crippen LogP contribution in [0.3, 0.4) is 0 Å². The minimum absolute atomic E-state index is 0.0798. The molecule has 106 valence electrons. The molecule has 2 bridgehead atoms. The number of nitrogens with zero attached hydrogens (tertiary/aromatic N) is 3. The molecule has 2 aliphatic rings. The highest BCUT2D eigenvalue weighted by Crippen LogP contribution is 2.32. The minimum Gasteiger partial charge on any atom is -0.454 e. The number of carbonyl (C=O) groups is 1. The Morgan fingerprint density at radius 1 is 1.60 bits per heavy atom. The van der Waals surface area contributed by atoms with Gasteiger partial charge in [-0.3, -0.25) is 0 Å². The molecule has 3 atom stereocenters. The Morgan fingerprint density at radius 2 is 2.35 bits per heavy atom. The lowest BCUT2D eigenvalue weighted by Gasteiger charge is -2.21. The van der Waals surface area contributed by atoms with E-state index in [2.05, 4.69) is 22.7 Å². The SMILES string of the molecule is C=C(C)[C@@H]1C/C=C(\C)C(N=[N+]=[N-])CCC2=C[C@@H]1OC2=O. The van der Waals surface area contributed by atoms with Gasteiger partial charge in [-0.15, -0.1) is 0 Å². The number of hydrogen-bond acceptors (Lipinski definition) is 3. The van der Waals surface area contributed by atoms with Gasteiger partial charge in [-0.25, -0.2) is 4.79 Å². The number of rotatable bonds is 2. The van der Waals surface area contributed by atoms with Crippen molar-refractivity contribution in [2.24, 2.45) is 11.0 Å². The largest absolute Gasteiger partial charge is 0.454 e. The maximum atomic E-state index is 11.9. The molecule has 0 aromatic rings.